The van der Waals surface area contributed by atoms with Gasteiger partial charge in [-0.2, -0.15) is 0 Å². The molecule has 290 valence electrons. The molecule has 63 heavy (non-hydrogen) atoms. The molecule has 0 radical (unpaired) electrons. The summed E-state index contributed by atoms with van der Waals surface area (Å²) < 4.78 is 5.11. The number of benzene rings is 9. The Hall–Kier alpha value is -8.41. The summed E-state index contributed by atoms with van der Waals surface area (Å²) in [6.45, 7) is 0. The molecule has 9 aromatic carbocycles. The summed E-state index contributed by atoms with van der Waals surface area (Å²) in [4.78, 5) is 15.7. The summed E-state index contributed by atoms with van der Waals surface area (Å²) in [5, 5.41) is 7.31. The van der Waals surface area contributed by atoms with Crippen molar-refractivity contribution in [2.75, 3.05) is 0 Å². The van der Waals surface area contributed by atoms with E-state index in [-0.39, 0.29) is 0 Å². The van der Waals surface area contributed by atoms with Gasteiger partial charge in [0.05, 0.1) is 38.5 Å². The quantitative estimate of drug-likeness (QED) is 0.179. The average Bonchev–Trinajstić information content (AvgIpc) is 4.06. The molecular formula is C58H33N5. The van der Waals surface area contributed by atoms with Crippen molar-refractivity contribution in [2.45, 2.75) is 5.41 Å². The van der Waals surface area contributed by atoms with Crippen molar-refractivity contribution in [2.24, 2.45) is 0 Å². The topological polar surface area (TPSA) is 47.5 Å². The fourth-order valence-corrected chi connectivity index (χ4v) is 11.8. The number of rotatable bonds is 3. The third-order valence-corrected chi connectivity index (χ3v) is 14.1. The molecule has 5 nitrogen and oxygen atoms in total. The lowest BCUT2D eigenvalue weighted by Gasteiger charge is -2.30. The highest BCUT2D eigenvalue weighted by atomic mass is 15.0. The molecule has 0 fully saturated rings. The van der Waals surface area contributed by atoms with Crippen molar-refractivity contribution in [1.29, 1.82) is 0 Å². The Morgan fingerprint density at radius 2 is 0.778 bits per heavy atom. The van der Waals surface area contributed by atoms with Gasteiger partial charge in [-0.15, -0.1) is 0 Å². The number of aromatic nitrogens is 5. The number of nitrogens with zero attached hydrogens (tertiary/aromatic N) is 5. The maximum absolute atomic E-state index is 5.31. The van der Waals surface area contributed by atoms with Gasteiger partial charge in [0.25, 0.3) is 0 Å². The first-order chi connectivity index (χ1) is 31.3. The van der Waals surface area contributed by atoms with E-state index in [9.17, 15) is 0 Å². The van der Waals surface area contributed by atoms with Crippen molar-refractivity contribution in [3.63, 3.8) is 0 Å². The third-order valence-electron chi connectivity index (χ3n) is 14.1. The molecule has 0 aliphatic heterocycles. The average molecular weight is 800 g/mol. The van der Waals surface area contributed by atoms with E-state index in [0.717, 1.165) is 33.1 Å². The predicted octanol–water partition coefficient (Wildman–Crippen LogP) is 13.8. The Labute approximate surface area is 360 Å². The number of para-hydroxylation sites is 2. The molecule has 4 heterocycles. The summed E-state index contributed by atoms with van der Waals surface area (Å²) in [7, 11) is 0. The Bertz CT molecular complexity index is 4040. The van der Waals surface area contributed by atoms with Crippen LogP contribution >= 0.6 is 0 Å². The summed E-state index contributed by atoms with van der Waals surface area (Å²) in [6, 6.07) is 72.9. The van der Waals surface area contributed by atoms with E-state index in [1.54, 1.807) is 0 Å². The van der Waals surface area contributed by atoms with Crippen LogP contribution in [0.2, 0.25) is 0 Å². The summed E-state index contributed by atoms with van der Waals surface area (Å²) in [5.41, 5.74) is 17.3. The van der Waals surface area contributed by atoms with Crippen molar-refractivity contribution < 1.29 is 0 Å². The normalized spacial score (nSPS) is 13.5. The minimum absolute atomic E-state index is 0.520. The van der Waals surface area contributed by atoms with Gasteiger partial charge in [-0.1, -0.05) is 176 Å². The maximum Gasteiger partial charge on any atom is 0.164 e. The van der Waals surface area contributed by atoms with E-state index in [1.807, 2.05) is 36.4 Å². The van der Waals surface area contributed by atoms with Gasteiger partial charge in [0.2, 0.25) is 0 Å². The zero-order valence-corrected chi connectivity index (χ0v) is 33.8. The smallest absolute Gasteiger partial charge is 0.164 e. The molecular weight excluding hydrogens is 767 g/mol. The van der Waals surface area contributed by atoms with Crippen molar-refractivity contribution >= 4 is 65.4 Å². The van der Waals surface area contributed by atoms with Crippen LogP contribution in [0.4, 0.5) is 0 Å². The molecule has 0 bridgehead atoms. The predicted molar refractivity (Wildman–Crippen MR) is 256 cm³/mol. The lowest BCUT2D eigenvalue weighted by atomic mass is 9.70. The molecule has 2 aliphatic carbocycles. The molecule has 15 rings (SSSR count). The number of fused-ring (bicyclic) bond motifs is 15. The Kier molecular flexibility index (Phi) is 6.30. The van der Waals surface area contributed by atoms with Gasteiger partial charge in [0, 0.05) is 49.0 Å². The van der Waals surface area contributed by atoms with E-state index < -0.39 is 5.41 Å². The van der Waals surface area contributed by atoms with E-state index >= 15 is 0 Å². The summed E-state index contributed by atoms with van der Waals surface area (Å²) in [5.74, 6) is 1.94. The third kappa shape index (κ3) is 4.05. The molecule has 0 amide bonds. The molecule has 0 saturated heterocycles. The van der Waals surface area contributed by atoms with Crippen molar-refractivity contribution in [3.05, 3.63) is 222 Å². The zero-order chi connectivity index (χ0) is 41.0. The molecule has 5 heteroatoms. The van der Waals surface area contributed by atoms with E-state index in [4.69, 9.17) is 15.0 Å². The van der Waals surface area contributed by atoms with Crippen LogP contribution < -0.4 is 0 Å². The first-order valence-electron chi connectivity index (χ1n) is 21.6. The Morgan fingerprint density at radius 3 is 1.51 bits per heavy atom. The monoisotopic (exact) mass is 799 g/mol. The van der Waals surface area contributed by atoms with Gasteiger partial charge in [-0.05, 0) is 57.6 Å². The van der Waals surface area contributed by atoms with Crippen LogP contribution in [-0.2, 0) is 5.41 Å². The maximum atomic E-state index is 5.31. The molecule has 13 aromatic rings. The van der Waals surface area contributed by atoms with Gasteiger partial charge in [0.1, 0.15) is 0 Å². The van der Waals surface area contributed by atoms with Crippen LogP contribution in [0.5, 0.6) is 0 Å². The first kappa shape index (κ1) is 33.3. The molecule has 2 aliphatic rings. The highest BCUT2D eigenvalue weighted by molar-refractivity contribution is 6.28. The second-order valence-electron chi connectivity index (χ2n) is 17.0. The van der Waals surface area contributed by atoms with Crippen LogP contribution in [0, 0.1) is 0 Å². The lowest BCUT2D eigenvalue weighted by Crippen LogP contribution is -2.26. The molecule has 1 spiro atoms. The second kappa shape index (κ2) is 11.9. The largest absolute Gasteiger partial charge is 0.307 e. The Balaban J connectivity index is 1.19. The van der Waals surface area contributed by atoms with Gasteiger partial charge in [0.15, 0.2) is 17.5 Å². The highest BCUT2D eigenvalue weighted by Crippen LogP contribution is 2.63. The van der Waals surface area contributed by atoms with Gasteiger partial charge in [-0.3, -0.25) is 0 Å². The SMILES string of the molecule is c1ccc(-c2nc(-c3ccccc3)nc(-c3cccc4c3c3ccc5c6c7c(cccc7n7c8ccccc8c8cccc(c87)n4c36)C53c4ccccc4-c4ccccc43)n2)cc1. The van der Waals surface area contributed by atoms with Crippen LogP contribution in [-0.4, -0.2) is 23.8 Å². The van der Waals surface area contributed by atoms with Crippen LogP contribution in [0.15, 0.2) is 200 Å². The number of hydrogen-bond acceptors (Lipinski definition) is 3. The summed E-state index contributed by atoms with van der Waals surface area (Å²) >= 11 is 0. The summed E-state index contributed by atoms with van der Waals surface area (Å²) in [6.07, 6.45) is 0. The minimum Gasteiger partial charge on any atom is -0.307 e. The minimum atomic E-state index is -0.520. The standard InChI is InChI=1S/C58H33N5/c1-3-16-34(17-4-1)55-59-56(35-18-5-2-6-19-35)61-57(60-55)41-24-14-29-47-50(41)40-32-33-45-52-51-44(58(45)42-25-10-7-20-36(42)37-21-8-11-26-43(37)58)27-15-30-48(51)62-46-28-12-9-22-38(46)39-23-13-31-49(53(39)62)63(47)54(40)52/h1-33H. The van der Waals surface area contributed by atoms with Crippen molar-refractivity contribution in [3.8, 4) is 45.3 Å². The molecule has 4 aromatic heterocycles. The molecule has 0 unspecified atom stereocenters. The fraction of sp³-hybridized carbons (Fsp3) is 0.0172. The molecule has 0 atom stereocenters. The first-order valence-corrected chi connectivity index (χ1v) is 21.6. The van der Waals surface area contributed by atoms with E-state index in [1.165, 1.54) is 82.4 Å². The van der Waals surface area contributed by atoms with Crippen LogP contribution in [0.3, 0.4) is 0 Å². The Morgan fingerprint density at radius 1 is 0.286 bits per heavy atom. The highest BCUT2D eigenvalue weighted by Gasteiger charge is 2.51. The van der Waals surface area contributed by atoms with Crippen LogP contribution in [0.1, 0.15) is 22.3 Å². The molecule has 0 saturated carbocycles. The zero-order valence-electron chi connectivity index (χ0n) is 33.8. The van der Waals surface area contributed by atoms with Gasteiger partial charge in [-0.25, -0.2) is 15.0 Å². The van der Waals surface area contributed by atoms with E-state index in [2.05, 4.69) is 173 Å². The van der Waals surface area contributed by atoms with Crippen LogP contribution in [0.25, 0.3) is 111 Å². The van der Waals surface area contributed by atoms with Gasteiger partial charge >= 0.3 is 0 Å². The number of hydrogen-bond donors (Lipinski definition) is 0. The fourth-order valence-electron chi connectivity index (χ4n) is 11.8. The lowest BCUT2D eigenvalue weighted by molar-refractivity contribution is 0.797. The van der Waals surface area contributed by atoms with Gasteiger partial charge < -0.3 is 8.80 Å². The van der Waals surface area contributed by atoms with E-state index in [0.29, 0.717) is 17.5 Å². The van der Waals surface area contributed by atoms with Crippen molar-refractivity contribution in [1.82, 2.24) is 23.8 Å². The molecule has 0 N–H and O–H groups in total. The second-order valence-corrected chi connectivity index (χ2v) is 17.0.